The second-order valence-corrected chi connectivity index (χ2v) is 4.38. The van der Waals surface area contributed by atoms with Gasteiger partial charge in [0, 0.05) is 24.7 Å². The maximum atomic E-state index is 5.69. The topological polar surface area (TPSA) is 47.3 Å². The number of hydrogen-bond donors (Lipinski definition) is 2. The van der Waals surface area contributed by atoms with E-state index in [-0.39, 0.29) is 6.04 Å². The first-order chi connectivity index (χ1) is 7.54. The summed E-state index contributed by atoms with van der Waals surface area (Å²) in [7, 11) is 1.72. The highest BCUT2D eigenvalue weighted by Gasteiger charge is 2.07. The Kier molecular flexibility index (Phi) is 4.77. The highest BCUT2D eigenvalue weighted by Crippen LogP contribution is 2.24. The van der Waals surface area contributed by atoms with E-state index >= 15 is 0 Å². The highest BCUT2D eigenvalue weighted by atomic mass is 16.5. The Morgan fingerprint density at radius 2 is 2.06 bits per heavy atom. The lowest BCUT2D eigenvalue weighted by Crippen LogP contribution is -2.30. The fraction of sp³-hybridized carbons (Fsp3) is 0.538. The van der Waals surface area contributed by atoms with Crippen molar-refractivity contribution in [3.8, 4) is 5.75 Å². The second kappa shape index (κ2) is 5.87. The van der Waals surface area contributed by atoms with Gasteiger partial charge in [0.05, 0.1) is 7.11 Å². The van der Waals surface area contributed by atoms with E-state index in [2.05, 4.69) is 31.3 Å². The van der Waals surface area contributed by atoms with Gasteiger partial charge in [-0.3, -0.25) is 0 Å². The number of hydrogen-bond acceptors (Lipinski definition) is 3. The van der Waals surface area contributed by atoms with E-state index in [0.29, 0.717) is 0 Å². The molecule has 0 aliphatic carbocycles. The van der Waals surface area contributed by atoms with Crippen LogP contribution in [-0.4, -0.2) is 19.7 Å². The Bertz CT molecular complexity index is 348. The molecule has 0 fully saturated rings. The Balaban J connectivity index is 2.77. The van der Waals surface area contributed by atoms with Gasteiger partial charge in [0.25, 0.3) is 0 Å². The van der Waals surface area contributed by atoms with Crippen molar-refractivity contribution in [2.75, 3.05) is 13.7 Å². The molecule has 0 aromatic heterocycles. The second-order valence-electron chi connectivity index (χ2n) is 4.38. The monoisotopic (exact) mass is 222 g/mol. The van der Waals surface area contributed by atoms with Crippen LogP contribution in [0.5, 0.6) is 5.75 Å². The zero-order valence-corrected chi connectivity index (χ0v) is 10.6. The first-order valence-corrected chi connectivity index (χ1v) is 5.65. The van der Waals surface area contributed by atoms with Gasteiger partial charge in [-0.05, 0) is 26.3 Å². The fourth-order valence-electron chi connectivity index (χ4n) is 1.90. The van der Waals surface area contributed by atoms with Gasteiger partial charge in [0.2, 0.25) is 0 Å². The SMILES string of the molecule is COc1c(C)cc(C)cc1CNCC(C)N. The average molecular weight is 222 g/mol. The van der Waals surface area contributed by atoms with Crippen LogP contribution in [0.2, 0.25) is 0 Å². The van der Waals surface area contributed by atoms with E-state index in [1.165, 1.54) is 16.7 Å². The van der Waals surface area contributed by atoms with Crippen molar-refractivity contribution in [1.82, 2.24) is 5.32 Å². The van der Waals surface area contributed by atoms with Gasteiger partial charge in [-0.15, -0.1) is 0 Å². The Hall–Kier alpha value is -1.06. The van der Waals surface area contributed by atoms with Gasteiger partial charge in [-0.25, -0.2) is 0 Å². The summed E-state index contributed by atoms with van der Waals surface area (Å²) in [6, 6.07) is 4.46. The molecule has 3 nitrogen and oxygen atoms in total. The molecule has 0 amide bonds. The molecule has 0 bridgehead atoms. The van der Waals surface area contributed by atoms with Crippen LogP contribution in [0.15, 0.2) is 12.1 Å². The molecule has 0 spiro atoms. The maximum absolute atomic E-state index is 5.69. The van der Waals surface area contributed by atoms with Gasteiger partial charge in [0.1, 0.15) is 5.75 Å². The van der Waals surface area contributed by atoms with E-state index < -0.39 is 0 Å². The molecule has 16 heavy (non-hydrogen) atoms. The van der Waals surface area contributed by atoms with Crippen LogP contribution in [-0.2, 0) is 6.54 Å². The molecule has 3 N–H and O–H groups in total. The molecule has 1 atom stereocenters. The van der Waals surface area contributed by atoms with E-state index in [0.717, 1.165) is 18.8 Å². The van der Waals surface area contributed by atoms with Crippen molar-refractivity contribution in [3.05, 3.63) is 28.8 Å². The number of ether oxygens (including phenoxy) is 1. The van der Waals surface area contributed by atoms with Gasteiger partial charge >= 0.3 is 0 Å². The summed E-state index contributed by atoms with van der Waals surface area (Å²) in [5.74, 6) is 0.975. The first-order valence-electron chi connectivity index (χ1n) is 5.65. The van der Waals surface area contributed by atoms with Crippen LogP contribution < -0.4 is 15.8 Å². The zero-order chi connectivity index (χ0) is 12.1. The molecule has 3 heteroatoms. The summed E-state index contributed by atoms with van der Waals surface area (Å²) in [5, 5.41) is 3.33. The van der Waals surface area contributed by atoms with Crippen molar-refractivity contribution in [3.63, 3.8) is 0 Å². The highest BCUT2D eigenvalue weighted by molar-refractivity contribution is 5.43. The standard InChI is InChI=1S/C13H22N2O/c1-9-5-10(2)13(16-4)12(6-9)8-15-7-11(3)14/h5-6,11,15H,7-8,14H2,1-4H3. The zero-order valence-electron chi connectivity index (χ0n) is 10.6. The molecule has 90 valence electrons. The minimum absolute atomic E-state index is 0.178. The summed E-state index contributed by atoms with van der Waals surface area (Å²) in [6.07, 6.45) is 0. The number of nitrogens with one attached hydrogen (secondary N) is 1. The smallest absolute Gasteiger partial charge is 0.126 e. The van der Waals surface area contributed by atoms with E-state index in [4.69, 9.17) is 10.5 Å². The van der Waals surface area contributed by atoms with Crippen LogP contribution in [0, 0.1) is 13.8 Å². The molecule has 0 saturated heterocycles. The minimum Gasteiger partial charge on any atom is -0.496 e. The number of nitrogens with two attached hydrogens (primary N) is 1. The van der Waals surface area contributed by atoms with Crippen molar-refractivity contribution in [1.29, 1.82) is 0 Å². The number of aryl methyl sites for hydroxylation is 2. The molecule has 1 unspecified atom stereocenters. The lowest BCUT2D eigenvalue weighted by atomic mass is 10.1. The van der Waals surface area contributed by atoms with Crippen molar-refractivity contribution < 1.29 is 4.74 Å². The van der Waals surface area contributed by atoms with Crippen LogP contribution >= 0.6 is 0 Å². The molecule has 0 saturated carbocycles. The molecular formula is C13H22N2O. The van der Waals surface area contributed by atoms with Crippen LogP contribution in [0.4, 0.5) is 0 Å². The largest absolute Gasteiger partial charge is 0.496 e. The van der Waals surface area contributed by atoms with Crippen LogP contribution in [0.25, 0.3) is 0 Å². The molecule has 0 heterocycles. The van der Waals surface area contributed by atoms with Gasteiger partial charge in [-0.1, -0.05) is 17.7 Å². The quantitative estimate of drug-likeness (QED) is 0.798. The van der Waals surface area contributed by atoms with E-state index in [1.807, 2.05) is 6.92 Å². The molecule has 1 rings (SSSR count). The molecule has 0 radical (unpaired) electrons. The molecule has 1 aromatic carbocycles. The summed E-state index contributed by atoms with van der Waals surface area (Å²) in [6.45, 7) is 7.78. The average Bonchev–Trinajstić information content (AvgIpc) is 2.16. The summed E-state index contributed by atoms with van der Waals surface area (Å²) in [5.41, 5.74) is 9.33. The molecule has 0 aliphatic heterocycles. The summed E-state index contributed by atoms with van der Waals surface area (Å²) in [4.78, 5) is 0. The van der Waals surface area contributed by atoms with Gasteiger partial charge in [0.15, 0.2) is 0 Å². The Morgan fingerprint density at radius 3 is 2.62 bits per heavy atom. The number of rotatable bonds is 5. The van der Waals surface area contributed by atoms with E-state index in [1.54, 1.807) is 7.11 Å². The van der Waals surface area contributed by atoms with Crippen molar-refractivity contribution in [2.45, 2.75) is 33.4 Å². The third-order valence-electron chi connectivity index (χ3n) is 2.48. The lowest BCUT2D eigenvalue weighted by molar-refractivity contribution is 0.404. The summed E-state index contributed by atoms with van der Waals surface area (Å²) >= 11 is 0. The van der Waals surface area contributed by atoms with Crippen LogP contribution in [0.3, 0.4) is 0 Å². The van der Waals surface area contributed by atoms with E-state index in [9.17, 15) is 0 Å². The molecule has 0 aliphatic rings. The van der Waals surface area contributed by atoms with Gasteiger partial charge in [-0.2, -0.15) is 0 Å². The molecular weight excluding hydrogens is 200 g/mol. The number of methoxy groups -OCH3 is 1. The maximum Gasteiger partial charge on any atom is 0.126 e. The Morgan fingerprint density at radius 1 is 1.38 bits per heavy atom. The fourth-order valence-corrected chi connectivity index (χ4v) is 1.90. The Labute approximate surface area is 98.0 Å². The predicted octanol–water partition coefficient (Wildman–Crippen LogP) is 1.75. The third-order valence-corrected chi connectivity index (χ3v) is 2.48. The minimum atomic E-state index is 0.178. The van der Waals surface area contributed by atoms with Crippen molar-refractivity contribution in [2.24, 2.45) is 5.73 Å². The predicted molar refractivity (Wildman–Crippen MR) is 67.8 cm³/mol. The summed E-state index contributed by atoms with van der Waals surface area (Å²) < 4.78 is 5.42. The normalized spacial score (nSPS) is 12.6. The first kappa shape index (κ1) is 13.0. The molecule has 1 aromatic rings. The third kappa shape index (κ3) is 3.51. The lowest BCUT2D eigenvalue weighted by Gasteiger charge is -2.14. The number of benzene rings is 1. The van der Waals surface area contributed by atoms with Crippen molar-refractivity contribution >= 4 is 0 Å². The van der Waals surface area contributed by atoms with Crippen LogP contribution in [0.1, 0.15) is 23.6 Å². The van der Waals surface area contributed by atoms with Gasteiger partial charge < -0.3 is 15.8 Å².